The third-order valence-electron chi connectivity index (χ3n) is 4.71. The summed E-state index contributed by atoms with van der Waals surface area (Å²) < 4.78 is 2.28. The summed E-state index contributed by atoms with van der Waals surface area (Å²) in [5.41, 5.74) is 4.59. The van der Waals surface area contributed by atoms with E-state index in [0.717, 1.165) is 33.0 Å². The maximum absolute atomic E-state index is 4.81. The lowest BCUT2D eigenvalue weighted by atomic mass is 10.2. The number of hydrogen-bond acceptors (Lipinski definition) is 6. The molecule has 1 fully saturated rings. The van der Waals surface area contributed by atoms with Crippen LogP contribution in [0.4, 0.5) is 0 Å². The van der Waals surface area contributed by atoms with E-state index >= 15 is 0 Å². The van der Waals surface area contributed by atoms with Gasteiger partial charge in [-0.25, -0.2) is 4.98 Å². The third kappa shape index (κ3) is 3.59. The molecule has 7 heteroatoms. The smallest absolute Gasteiger partial charge is 0.192 e. The zero-order valence-corrected chi connectivity index (χ0v) is 17.1. The highest BCUT2D eigenvalue weighted by atomic mass is 32.2. The summed E-state index contributed by atoms with van der Waals surface area (Å²) >= 11 is 3.41. The first-order valence-electron chi connectivity index (χ1n) is 9.27. The fraction of sp³-hybridized carbons (Fsp3) is 0.238. The van der Waals surface area contributed by atoms with Gasteiger partial charge >= 0.3 is 0 Å². The monoisotopic (exact) mass is 405 g/mol. The molecule has 4 aromatic rings. The van der Waals surface area contributed by atoms with E-state index in [4.69, 9.17) is 4.98 Å². The molecule has 0 radical (unpaired) electrons. The maximum atomic E-state index is 4.81. The number of thiazole rings is 1. The molecule has 1 aromatic carbocycles. The Kier molecular flexibility index (Phi) is 4.70. The maximum Gasteiger partial charge on any atom is 0.192 e. The molecule has 5 rings (SSSR count). The van der Waals surface area contributed by atoms with Crippen LogP contribution in [0.5, 0.6) is 0 Å². The van der Waals surface area contributed by atoms with Crippen molar-refractivity contribution < 1.29 is 0 Å². The predicted octanol–water partition coefficient (Wildman–Crippen LogP) is 5.40. The van der Waals surface area contributed by atoms with Gasteiger partial charge in [-0.15, -0.1) is 21.5 Å². The highest BCUT2D eigenvalue weighted by Crippen LogP contribution is 2.41. The summed E-state index contributed by atoms with van der Waals surface area (Å²) in [6, 6.07) is 13.0. The van der Waals surface area contributed by atoms with Crippen LogP contribution in [-0.4, -0.2) is 24.7 Å². The van der Waals surface area contributed by atoms with Crippen LogP contribution in [-0.2, 0) is 5.75 Å². The second kappa shape index (κ2) is 7.48. The second-order valence-electron chi connectivity index (χ2n) is 6.94. The molecule has 0 atom stereocenters. The van der Waals surface area contributed by atoms with Crippen molar-refractivity contribution >= 4 is 23.1 Å². The number of benzene rings is 1. The largest absolute Gasteiger partial charge is 0.299 e. The normalized spacial score (nSPS) is 13.8. The summed E-state index contributed by atoms with van der Waals surface area (Å²) in [7, 11) is 0. The van der Waals surface area contributed by atoms with Crippen molar-refractivity contribution in [3.8, 4) is 22.0 Å². The molecule has 0 N–H and O–H groups in total. The Labute approximate surface area is 171 Å². The molecule has 1 aliphatic rings. The topological polar surface area (TPSA) is 56.5 Å². The van der Waals surface area contributed by atoms with Crippen molar-refractivity contribution in [1.29, 1.82) is 0 Å². The molecule has 0 saturated heterocycles. The molecule has 0 aliphatic heterocycles. The van der Waals surface area contributed by atoms with Crippen LogP contribution in [0.25, 0.3) is 22.0 Å². The van der Waals surface area contributed by atoms with E-state index in [1.54, 1.807) is 35.5 Å². The Morgan fingerprint density at radius 2 is 1.82 bits per heavy atom. The zero-order chi connectivity index (χ0) is 18.9. The van der Waals surface area contributed by atoms with Crippen LogP contribution in [0.2, 0.25) is 0 Å². The lowest BCUT2D eigenvalue weighted by molar-refractivity contribution is 0.669. The highest BCUT2D eigenvalue weighted by molar-refractivity contribution is 7.98. The number of pyridine rings is 1. The van der Waals surface area contributed by atoms with E-state index in [-0.39, 0.29) is 0 Å². The lowest BCUT2D eigenvalue weighted by Gasteiger charge is -2.08. The van der Waals surface area contributed by atoms with E-state index < -0.39 is 0 Å². The number of thioether (sulfide) groups is 1. The number of nitrogens with zero attached hydrogens (tertiary/aromatic N) is 5. The van der Waals surface area contributed by atoms with Crippen LogP contribution < -0.4 is 0 Å². The summed E-state index contributed by atoms with van der Waals surface area (Å²) in [4.78, 5) is 8.92. The summed E-state index contributed by atoms with van der Waals surface area (Å²) in [6.45, 7) is 2.10. The average Bonchev–Trinajstić information content (AvgIpc) is 3.30. The van der Waals surface area contributed by atoms with Gasteiger partial charge in [0.15, 0.2) is 11.0 Å². The highest BCUT2D eigenvalue weighted by Gasteiger charge is 2.30. The van der Waals surface area contributed by atoms with Gasteiger partial charge < -0.3 is 0 Å². The van der Waals surface area contributed by atoms with Crippen molar-refractivity contribution in [3.05, 3.63) is 65.4 Å². The van der Waals surface area contributed by atoms with Crippen molar-refractivity contribution in [1.82, 2.24) is 24.7 Å². The van der Waals surface area contributed by atoms with E-state index in [9.17, 15) is 0 Å². The first-order chi connectivity index (χ1) is 13.8. The standard InChI is InChI=1S/C21H19N5S2/c1-14-2-4-16(5-3-14)20-23-17(12-27-20)13-28-21-25-24-19(26(21)18-6-7-18)15-8-10-22-11-9-15/h2-5,8-12,18H,6-7,13H2,1H3. The average molecular weight is 406 g/mol. The van der Waals surface area contributed by atoms with Crippen LogP contribution in [0, 0.1) is 6.92 Å². The van der Waals surface area contributed by atoms with E-state index in [1.165, 1.54) is 24.0 Å². The zero-order valence-electron chi connectivity index (χ0n) is 15.4. The molecule has 0 bridgehead atoms. The Balaban J connectivity index is 1.35. The Morgan fingerprint density at radius 3 is 2.57 bits per heavy atom. The molecule has 1 saturated carbocycles. The summed E-state index contributed by atoms with van der Waals surface area (Å²) in [6.07, 6.45) is 5.99. The molecule has 5 nitrogen and oxygen atoms in total. The van der Waals surface area contributed by atoms with Gasteiger partial charge in [-0.05, 0) is 31.9 Å². The number of hydrogen-bond donors (Lipinski definition) is 0. The minimum atomic E-state index is 0.513. The predicted molar refractivity (Wildman–Crippen MR) is 113 cm³/mol. The van der Waals surface area contributed by atoms with Gasteiger partial charge in [0.25, 0.3) is 0 Å². The molecule has 0 spiro atoms. The molecular formula is C21H19N5S2. The van der Waals surface area contributed by atoms with Crippen LogP contribution >= 0.6 is 23.1 Å². The van der Waals surface area contributed by atoms with Gasteiger partial charge in [0, 0.05) is 40.7 Å². The van der Waals surface area contributed by atoms with Crippen LogP contribution in [0.3, 0.4) is 0 Å². The van der Waals surface area contributed by atoms with Crippen molar-refractivity contribution in [2.24, 2.45) is 0 Å². The third-order valence-corrected chi connectivity index (χ3v) is 6.63. The quantitative estimate of drug-likeness (QED) is 0.402. The van der Waals surface area contributed by atoms with Gasteiger partial charge in [-0.1, -0.05) is 41.6 Å². The summed E-state index contributed by atoms with van der Waals surface area (Å²) in [5, 5.41) is 13.1. The second-order valence-corrected chi connectivity index (χ2v) is 8.74. The molecule has 140 valence electrons. The molecule has 3 heterocycles. The van der Waals surface area contributed by atoms with E-state index in [0.29, 0.717) is 6.04 Å². The Hall–Kier alpha value is -2.51. The molecule has 28 heavy (non-hydrogen) atoms. The first-order valence-corrected chi connectivity index (χ1v) is 11.1. The van der Waals surface area contributed by atoms with Gasteiger partial charge in [0.1, 0.15) is 5.01 Å². The fourth-order valence-corrected chi connectivity index (χ4v) is 4.91. The molecular weight excluding hydrogens is 386 g/mol. The Bertz CT molecular complexity index is 1080. The number of aromatic nitrogens is 5. The first kappa shape index (κ1) is 17.6. The molecule has 3 aromatic heterocycles. The van der Waals surface area contributed by atoms with Gasteiger partial charge in [-0.3, -0.25) is 9.55 Å². The van der Waals surface area contributed by atoms with Crippen LogP contribution in [0.15, 0.2) is 59.3 Å². The van der Waals surface area contributed by atoms with Crippen LogP contribution in [0.1, 0.15) is 30.1 Å². The molecule has 0 unspecified atom stereocenters. The van der Waals surface area contributed by atoms with Gasteiger partial charge in [0.05, 0.1) is 5.69 Å². The minimum absolute atomic E-state index is 0.513. The molecule has 1 aliphatic carbocycles. The fourth-order valence-electron chi connectivity index (χ4n) is 3.08. The van der Waals surface area contributed by atoms with Crippen molar-refractivity contribution in [2.45, 2.75) is 36.7 Å². The van der Waals surface area contributed by atoms with E-state index in [2.05, 4.69) is 56.3 Å². The minimum Gasteiger partial charge on any atom is -0.299 e. The van der Waals surface area contributed by atoms with E-state index in [1.807, 2.05) is 12.1 Å². The SMILES string of the molecule is Cc1ccc(-c2nc(CSc3nnc(-c4ccncc4)n3C3CC3)cs2)cc1. The van der Waals surface area contributed by atoms with Crippen molar-refractivity contribution in [2.75, 3.05) is 0 Å². The number of rotatable bonds is 6. The lowest BCUT2D eigenvalue weighted by Crippen LogP contribution is -2.00. The van der Waals surface area contributed by atoms with Crippen molar-refractivity contribution in [3.63, 3.8) is 0 Å². The number of aryl methyl sites for hydroxylation is 1. The van der Waals surface area contributed by atoms with Gasteiger partial charge in [0.2, 0.25) is 0 Å². The molecule has 0 amide bonds. The summed E-state index contributed by atoms with van der Waals surface area (Å²) in [5.74, 6) is 1.73. The van der Waals surface area contributed by atoms with Gasteiger partial charge in [-0.2, -0.15) is 0 Å². The Morgan fingerprint density at radius 1 is 1.04 bits per heavy atom.